The SMILES string of the molecule is CC(C)(C)c1ccc(-c2cc(COCC3(C4(C)C=CC=CC4)CCNCC3)cc(C(F)(F)F)c2)cc1. The molecule has 2 aliphatic rings. The Kier molecular flexibility index (Phi) is 7.55. The maximum absolute atomic E-state index is 13.8. The summed E-state index contributed by atoms with van der Waals surface area (Å²) in [6, 6.07) is 12.1. The summed E-state index contributed by atoms with van der Waals surface area (Å²) in [6.07, 6.45) is 7.17. The molecule has 36 heavy (non-hydrogen) atoms. The van der Waals surface area contributed by atoms with Crippen molar-refractivity contribution in [2.24, 2.45) is 10.8 Å². The van der Waals surface area contributed by atoms with E-state index in [-0.39, 0.29) is 22.9 Å². The second kappa shape index (κ2) is 10.2. The van der Waals surface area contributed by atoms with Gasteiger partial charge in [0, 0.05) is 5.41 Å². The number of hydrogen-bond donors (Lipinski definition) is 1. The molecule has 194 valence electrons. The Morgan fingerprint density at radius 2 is 1.58 bits per heavy atom. The van der Waals surface area contributed by atoms with Crippen LogP contribution in [0.25, 0.3) is 11.1 Å². The Hall–Kier alpha value is -2.37. The van der Waals surface area contributed by atoms with Crippen LogP contribution in [-0.4, -0.2) is 19.7 Å². The number of alkyl halides is 3. The zero-order valence-corrected chi connectivity index (χ0v) is 21.8. The van der Waals surface area contributed by atoms with Gasteiger partial charge in [-0.1, -0.05) is 76.3 Å². The van der Waals surface area contributed by atoms with Gasteiger partial charge in [0.15, 0.2) is 0 Å². The molecule has 2 aromatic carbocycles. The lowest BCUT2D eigenvalue weighted by Gasteiger charge is -2.50. The highest BCUT2D eigenvalue weighted by Crippen LogP contribution is 2.51. The van der Waals surface area contributed by atoms with Gasteiger partial charge in [0.2, 0.25) is 0 Å². The van der Waals surface area contributed by atoms with Crippen molar-refractivity contribution in [3.63, 3.8) is 0 Å². The van der Waals surface area contributed by atoms with Crippen molar-refractivity contribution in [3.05, 3.63) is 83.5 Å². The summed E-state index contributed by atoms with van der Waals surface area (Å²) < 4.78 is 47.6. The third-order valence-electron chi connectivity index (χ3n) is 8.08. The summed E-state index contributed by atoms with van der Waals surface area (Å²) in [5.41, 5.74) is 2.30. The summed E-state index contributed by atoms with van der Waals surface area (Å²) in [7, 11) is 0. The first-order chi connectivity index (χ1) is 16.9. The smallest absolute Gasteiger partial charge is 0.376 e. The van der Waals surface area contributed by atoms with Crippen LogP contribution in [0.15, 0.2) is 66.8 Å². The van der Waals surface area contributed by atoms with Gasteiger partial charge in [-0.3, -0.25) is 0 Å². The second-order valence-corrected chi connectivity index (χ2v) is 11.7. The first-order valence-corrected chi connectivity index (χ1v) is 12.9. The lowest BCUT2D eigenvalue weighted by molar-refractivity contribution is -0.137. The zero-order valence-electron chi connectivity index (χ0n) is 21.8. The van der Waals surface area contributed by atoms with Crippen molar-refractivity contribution in [3.8, 4) is 11.1 Å². The third kappa shape index (κ3) is 5.78. The highest BCUT2D eigenvalue weighted by atomic mass is 19.4. The molecule has 2 aromatic rings. The molecule has 1 aliphatic carbocycles. The average Bonchev–Trinajstić information content (AvgIpc) is 2.84. The van der Waals surface area contributed by atoms with E-state index in [9.17, 15) is 13.2 Å². The van der Waals surface area contributed by atoms with Crippen molar-refractivity contribution >= 4 is 0 Å². The number of benzene rings is 2. The van der Waals surface area contributed by atoms with E-state index in [1.807, 2.05) is 30.3 Å². The normalized spacial score (nSPS) is 22.1. The van der Waals surface area contributed by atoms with Crippen LogP contribution in [0.2, 0.25) is 0 Å². The van der Waals surface area contributed by atoms with E-state index in [0.29, 0.717) is 17.7 Å². The summed E-state index contributed by atoms with van der Waals surface area (Å²) >= 11 is 0. The van der Waals surface area contributed by atoms with Crippen molar-refractivity contribution in [1.82, 2.24) is 5.32 Å². The molecule has 0 radical (unpaired) electrons. The maximum atomic E-state index is 13.8. The van der Waals surface area contributed by atoms with Crippen LogP contribution >= 0.6 is 0 Å². The van der Waals surface area contributed by atoms with Crippen molar-refractivity contribution < 1.29 is 17.9 Å². The largest absolute Gasteiger partial charge is 0.416 e. The minimum Gasteiger partial charge on any atom is -0.376 e. The highest BCUT2D eigenvalue weighted by molar-refractivity contribution is 5.66. The molecule has 2 nitrogen and oxygen atoms in total. The number of rotatable bonds is 6. The van der Waals surface area contributed by atoms with Gasteiger partial charge in [-0.2, -0.15) is 13.2 Å². The predicted molar refractivity (Wildman–Crippen MR) is 141 cm³/mol. The van der Waals surface area contributed by atoms with Gasteiger partial charge in [0.25, 0.3) is 0 Å². The molecule has 1 fully saturated rings. The second-order valence-electron chi connectivity index (χ2n) is 11.7. The van der Waals surface area contributed by atoms with Crippen LogP contribution in [0.5, 0.6) is 0 Å². The molecule has 1 aliphatic heterocycles. The molecule has 5 heteroatoms. The molecular weight excluding hydrogens is 459 g/mol. The zero-order chi connectivity index (χ0) is 26.0. The summed E-state index contributed by atoms with van der Waals surface area (Å²) in [5.74, 6) is 0. The van der Waals surface area contributed by atoms with E-state index in [2.05, 4.69) is 57.3 Å². The maximum Gasteiger partial charge on any atom is 0.416 e. The third-order valence-corrected chi connectivity index (χ3v) is 8.08. The van der Waals surface area contributed by atoms with E-state index in [1.165, 1.54) is 12.1 Å². The van der Waals surface area contributed by atoms with E-state index in [1.54, 1.807) is 0 Å². The van der Waals surface area contributed by atoms with Gasteiger partial charge in [-0.05, 0) is 83.6 Å². The van der Waals surface area contributed by atoms with E-state index >= 15 is 0 Å². The summed E-state index contributed by atoms with van der Waals surface area (Å²) in [6.45, 7) is 11.2. The van der Waals surface area contributed by atoms with Crippen molar-refractivity contribution in [1.29, 1.82) is 0 Å². The van der Waals surface area contributed by atoms with E-state index in [4.69, 9.17) is 4.74 Å². The molecule has 4 rings (SSSR count). The Labute approximate surface area is 213 Å². The predicted octanol–water partition coefficient (Wildman–Crippen LogP) is 8.08. The fraction of sp³-hybridized carbons (Fsp3) is 0.484. The molecule has 0 saturated carbocycles. The summed E-state index contributed by atoms with van der Waals surface area (Å²) in [4.78, 5) is 0. The van der Waals surface area contributed by atoms with Crippen LogP contribution in [0, 0.1) is 10.8 Å². The fourth-order valence-corrected chi connectivity index (χ4v) is 5.54. The quantitative estimate of drug-likeness (QED) is 0.436. The number of piperidine rings is 1. The van der Waals surface area contributed by atoms with Crippen molar-refractivity contribution in [2.45, 2.75) is 65.2 Å². The molecule has 1 heterocycles. The molecule has 1 unspecified atom stereocenters. The van der Waals surface area contributed by atoms with Gasteiger partial charge in [0.05, 0.1) is 18.8 Å². The van der Waals surface area contributed by atoms with Crippen molar-refractivity contribution in [2.75, 3.05) is 19.7 Å². The van der Waals surface area contributed by atoms with Crippen LogP contribution in [0.3, 0.4) is 0 Å². The van der Waals surface area contributed by atoms with Crippen LogP contribution in [0.1, 0.15) is 63.6 Å². The van der Waals surface area contributed by atoms with Gasteiger partial charge in [-0.15, -0.1) is 0 Å². The Bertz CT molecular complexity index is 1100. The molecule has 0 amide bonds. The topological polar surface area (TPSA) is 21.3 Å². The monoisotopic (exact) mass is 497 g/mol. The Balaban J connectivity index is 1.57. The van der Waals surface area contributed by atoms with Gasteiger partial charge in [0.1, 0.15) is 0 Å². The van der Waals surface area contributed by atoms with Crippen LogP contribution in [0.4, 0.5) is 13.2 Å². The summed E-state index contributed by atoms with van der Waals surface area (Å²) in [5, 5.41) is 3.44. The van der Waals surface area contributed by atoms with E-state index in [0.717, 1.165) is 43.5 Å². The first kappa shape index (κ1) is 26.7. The van der Waals surface area contributed by atoms with Crippen LogP contribution in [-0.2, 0) is 22.9 Å². The first-order valence-electron chi connectivity index (χ1n) is 12.9. The van der Waals surface area contributed by atoms with E-state index < -0.39 is 11.7 Å². The molecular formula is C31H38F3NO. The van der Waals surface area contributed by atoms with Gasteiger partial charge >= 0.3 is 6.18 Å². The number of halogens is 3. The van der Waals surface area contributed by atoms with Gasteiger partial charge in [-0.25, -0.2) is 0 Å². The molecule has 1 atom stereocenters. The minimum absolute atomic E-state index is 0.0180. The number of nitrogens with one attached hydrogen (secondary N) is 1. The molecule has 0 bridgehead atoms. The Morgan fingerprint density at radius 1 is 0.889 bits per heavy atom. The number of hydrogen-bond acceptors (Lipinski definition) is 2. The molecule has 0 spiro atoms. The lowest BCUT2D eigenvalue weighted by atomic mass is 9.58. The average molecular weight is 498 g/mol. The minimum atomic E-state index is -4.42. The molecule has 1 N–H and O–H groups in total. The number of allylic oxidation sites excluding steroid dienone is 4. The highest BCUT2D eigenvalue weighted by Gasteiger charge is 2.47. The number of ether oxygens (including phenoxy) is 1. The molecule has 0 aromatic heterocycles. The molecule has 1 saturated heterocycles. The lowest BCUT2D eigenvalue weighted by Crippen LogP contribution is -2.49. The standard InChI is InChI=1S/C31H38F3NO/c1-28(2,3)26-10-8-24(9-11-26)25-18-23(19-27(20-25)31(32,33)34)21-36-22-30(14-16-35-17-15-30)29(4)12-6-5-7-13-29/h5-12,18-20,35H,13-17,21-22H2,1-4H3. The van der Waals surface area contributed by atoms with Crippen LogP contribution < -0.4 is 5.32 Å². The Morgan fingerprint density at radius 3 is 2.17 bits per heavy atom. The fourth-order valence-electron chi connectivity index (χ4n) is 5.54. The van der Waals surface area contributed by atoms with Gasteiger partial charge < -0.3 is 10.1 Å².